The molecule has 1 aliphatic rings. The maximum absolute atomic E-state index is 9.65. The van der Waals surface area contributed by atoms with Crippen molar-refractivity contribution in [2.24, 2.45) is 0 Å². The van der Waals surface area contributed by atoms with Gasteiger partial charge in [0, 0.05) is 19.2 Å². The van der Waals surface area contributed by atoms with Gasteiger partial charge in [-0.05, 0) is 34.2 Å². The van der Waals surface area contributed by atoms with Gasteiger partial charge in [-0.2, -0.15) is 0 Å². The number of nitrogens with zero attached hydrogens (tertiary/aromatic N) is 1. The molecule has 0 aromatic heterocycles. The normalized spacial score (nSPS) is 30.0. The van der Waals surface area contributed by atoms with E-state index in [4.69, 9.17) is 4.74 Å². The SMILES string of the molecule is CC1OCCC1N(C)CC(C)(C)O. The monoisotopic (exact) mass is 187 g/mol. The maximum Gasteiger partial charge on any atom is 0.0718 e. The highest BCUT2D eigenvalue weighted by Gasteiger charge is 2.30. The fraction of sp³-hybridized carbons (Fsp3) is 1.00. The van der Waals surface area contributed by atoms with E-state index < -0.39 is 5.60 Å². The van der Waals surface area contributed by atoms with Gasteiger partial charge in [-0.25, -0.2) is 0 Å². The van der Waals surface area contributed by atoms with Crippen LogP contribution < -0.4 is 0 Å². The minimum Gasteiger partial charge on any atom is -0.389 e. The fourth-order valence-corrected chi connectivity index (χ4v) is 2.03. The van der Waals surface area contributed by atoms with Gasteiger partial charge in [0.25, 0.3) is 0 Å². The molecule has 78 valence electrons. The van der Waals surface area contributed by atoms with Crippen LogP contribution in [0.25, 0.3) is 0 Å². The summed E-state index contributed by atoms with van der Waals surface area (Å²) < 4.78 is 5.48. The Labute approximate surface area is 80.7 Å². The smallest absolute Gasteiger partial charge is 0.0718 e. The Kier molecular flexibility index (Phi) is 3.33. The number of likely N-dealkylation sites (N-methyl/N-ethyl adjacent to an activating group) is 1. The molecule has 3 heteroatoms. The summed E-state index contributed by atoms with van der Waals surface area (Å²) in [6.45, 7) is 7.32. The van der Waals surface area contributed by atoms with Gasteiger partial charge in [0.15, 0.2) is 0 Å². The minimum absolute atomic E-state index is 0.298. The van der Waals surface area contributed by atoms with Gasteiger partial charge in [-0.3, -0.25) is 4.90 Å². The van der Waals surface area contributed by atoms with Crippen LogP contribution in [0, 0.1) is 0 Å². The zero-order chi connectivity index (χ0) is 10.1. The van der Waals surface area contributed by atoms with Crippen LogP contribution in [0.1, 0.15) is 27.2 Å². The average Bonchev–Trinajstić information content (AvgIpc) is 2.30. The molecule has 3 nitrogen and oxygen atoms in total. The van der Waals surface area contributed by atoms with Crippen molar-refractivity contribution in [1.82, 2.24) is 4.90 Å². The molecule has 0 bridgehead atoms. The lowest BCUT2D eigenvalue weighted by atomic mass is 10.1. The van der Waals surface area contributed by atoms with Crippen LogP contribution in [0.3, 0.4) is 0 Å². The second kappa shape index (κ2) is 3.95. The standard InChI is InChI=1S/C10H21NO2/c1-8-9(5-6-13-8)11(4)7-10(2,3)12/h8-9,12H,5-7H2,1-4H3. The molecule has 0 spiro atoms. The minimum atomic E-state index is -0.614. The van der Waals surface area contributed by atoms with Gasteiger partial charge < -0.3 is 9.84 Å². The van der Waals surface area contributed by atoms with E-state index in [9.17, 15) is 5.11 Å². The van der Waals surface area contributed by atoms with Gasteiger partial charge in [0.1, 0.15) is 0 Å². The molecule has 1 saturated heterocycles. The molecule has 2 atom stereocenters. The summed E-state index contributed by atoms with van der Waals surface area (Å²) in [5.74, 6) is 0. The first-order valence-corrected chi connectivity index (χ1v) is 4.94. The zero-order valence-electron chi connectivity index (χ0n) is 9.08. The van der Waals surface area contributed by atoms with Gasteiger partial charge in [0.05, 0.1) is 11.7 Å². The van der Waals surface area contributed by atoms with Crippen LogP contribution in [0.5, 0.6) is 0 Å². The lowest BCUT2D eigenvalue weighted by Gasteiger charge is -2.31. The first kappa shape index (κ1) is 11.0. The highest BCUT2D eigenvalue weighted by molar-refractivity contribution is 4.83. The molecule has 0 saturated carbocycles. The first-order chi connectivity index (χ1) is 5.90. The summed E-state index contributed by atoms with van der Waals surface area (Å²) >= 11 is 0. The molecule has 1 N–H and O–H groups in total. The maximum atomic E-state index is 9.65. The third-order valence-electron chi connectivity index (χ3n) is 2.54. The third kappa shape index (κ3) is 3.25. The lowest BCUT2D eigenvalue weighted by molar-refractivity contribution is 0.0155. The summed E-state index contributed by atoms with van der Waals surface area (Å²) in [5, 5.41) is 9.65. The molecule has 1 heterocycles. The van der Waals surface area contributed by atoms with Gasteiger partial charge >= 0.3 is 0 Å². The molecule has 0 aromatic rings. The topological polar surface area (TPSA) is 32.7 Å². The molecular weight excluding hydrogens is 166 g/mol. The Balaban J connectivity index is 2.43. The first-order valence-electron chi connectivity index (χ1n) is 4.94. The quantitative estimate of drug-likeness (QED) is 0.711. The molecule has 2 unspecified atom stereocenters. The number of hydrogen-bond donors (Lipinski definition) is 1. The predicted molar refractivity (Wildman–Crippen MR) is 52.7 cm³/mol. The molecule has 1 aliphatic heterocycles. The molecule has 0 amide bonds. The molecular formula is C10H21NO2. The van der Waals surface area contributed by atoms with Gasteiger partial charge in [0.2, 0.25) is 0 Å². The number of ether oxygens (including phenoxy) is 1. The van der Waals surface area contributed by atoms with Crippen molar-refractivity contribution in [1.29, 1.82) is 0 Å². The van der Waals surface area contributed by atoms with Crippen molar-refractivity contribution >= 4 is 0 Å². The van der Waals surface area contributed by atoms with E-state index in [1.807, 2.05) is 20.9 Å². The highest BCUT2D eigenvalue weighted by atomic mass is 16.5. The van der Waals surface area contributed by atoms with Crippen molar-refractivity contribution in [3.8, 4) is 0 Å². The summed E-state index contributed by atoms with van der Waals surface area (Å²) in [5.41, 5.74) is -0.614. The molecule has 1 fully saturated rings. The lowest BCUT2D eigenvalue weighted by Crippen LogP contribution is -2.44. The van der Waals surface area contributed by atoms with Crippen LogP contribution in [0.15, 0.2) is 0 Å². The Hall–Kier alpha value is -0.120. The number of hydrogen-bond acceptors (Lipinski definition) is 3. The van der Waals surface area contributed by atoms with Crippen LogP contribution in [-0.2, 0) is 4.74 Å². The van der Waals surface area contributed by atoms with Crippen molar-refractivity contribution in [2.45, 2.75) is 44.9 Å². The van der Waals surface area contributed by atoms with E-state index in [2.05, 4.69) is 11.8 Å². The van der Waals surface area contributed by atoms with Crippen LogP contribution in [0.2, 0.25) is 0 Å². The van der Waals surface area contributed by atoms with Crippen LogP contribution in [-0.4, -0.2) is 48.0 Å². The number of rotatable bonds is 3. The average molecular weight is 187 g/mol. The second-order valence-electron chi connectivity index (χ2n) is 4.66. The largest absolute Gasteiger partial charge is 0.389 e. The fourth-order valence-electron chi connectivity index (χ4n) is 2.03. The second-order valence-corrected chi connectivity index (χ2v) is 4.66. The summed E-state index contributed by atoms with van der Waals surface area (Å²) in [6, 6.07) is 0.464. The van der Waals surface area contributed by atoms with E-state index in [1.165, 1.54) is 0 Å². The molecule has 1 rings (SSSR count). The Morgan fingerprint density at radius 1 is 1.54 bits per heavy atom. The van der Waals surface area contributed by atoms with Gasteiger partial charge in [-0.15, -0.1) is 0 Å². The van der Waals surface area contributed by atoms with E-state index in [1.54, 1.807) is 0 Å². The van der Waals surface area contributed by atoms with Crippen molar-refractivity contribution in [2.75, 3.05) is 20.2 Å². The number of aliphatic hydroxyl groups is 1. The highest BCUT2D eigenvalue weighted by Crippen LogP contribution is 2.19. The predicted octanol–water partition coefficient (Wildman–Crippen LogP) is 0.866. The molecule has 0 aromatic carbocycles. The summed E-state index contributed by atoms with van der Waals surface area (Å²) in [4.78, 5) is 2.19. The third-order valence-corrected chi connectivity index (χ3v) is 2.54. The van der Waals surface area contributed by atoms with Crippen molar-refractivity contribution in [3.05, 3.63) is 0 Å². The Morgan fingerprint density at radius 3 is 2.54 bits per heavy atom. The van der Waals surface area contributed by atoms with E-state index in [-0.39, 0.29) is 0 Å². The molecule has 0 radical (unpaired) electrons. The van der Waals surface area contributed by atoms with Crippen molar-refractivity contribution < 1.29 is 9.84 Å². The van der Waals surface area contributed by atoms with Crippen molar-refractivity contribution in [3.63, 3.8) is 0 Å². The Bertz CT molecular complexity index is 165. The summed E-state index contributed by atoms with van der Waals surface area (Å²) in [6.07, 6.45) is 1.38. The Morgan fingerprint density at radius 2 is 2.15 bits per heavy atom. The molecule has 0 aliphatic carbocycles. The zero-order valence-corrected chi connectivity index (χ0v) is 9.08. The molecule has 13 heavy (non-hydrogen) atoms. The van der Waals surface area contributed by atoms with E-state index in [0.29, 0.717) is 18.7 Å². The summed E-state index contributed by atoms with van der Waals surface area (Å²) in [7, 11) is 2.05. The van der Waals surface area contributed by atoms with E-state index >= 15 is 0 Å². The van der Waals surface area contributed by atoms with Crippen LogP contribution >= 0.6 is 0 Å². The van der Waals surface area contributed by atoms with Gasteiger partial charge in [-0.1, -0.05) is 0 Å². The van der Waals surface area contributed by atoms with E-state index in [0.717, 1.165) is 13.0 Å². The van der Waals surface area contributed by atoms with Crippen LogP contribution in [0.4, 0.5) is 0 Å².